The van der Waals surface area contributed by atoms with Gasteiger partial charge in [-0.3, -0.25) is 4.79 Å². The number of aryl methyl sites for hydroxylation is 2. The van der Waals surface area contributed by atoms with Gasteiger partial charge in [0.25, 0.3) is 5.91 Å². The van der Waals surface area contributed by atoms with Gasteiger partial charge < -0.3 is 4.90 Å². The zero-order chi connectivity index (χ0) is 14.8. The van der Waals surface area contributed by atoms with Crippen LogP contribution in [-0.4, -0.2) is 33.9 Å². The largest absolute Gasteiger partial charge is 0.337 e. The predicted octanol–water partition coefficient (Wildman–Crippen LogP) is 3.49. The number of hydrogen-bond acceptors (Lipinski definition) is 5. The summed E-state index contributed by atoms with van der Waals surface area (Å²) in [5.74, 6) is 0.448. The van der Waals surface area contributed by atoms with Gasteiger partial charge in [0, 0.05) is 29.8 Å². The molecule has 1 saturated heterocycles. The Balaban J connectivity index is 1.72. The molecule has 0 spiro atoms. The van der Waals surface area contributed by atoms with Crippen molar-refractivity contribution in [2.45, 2.75) is 39.0 Å². The molecule has 0 radical (unpaired) electrons. The van der Waals surface area contributed by atoms with E-state index in [4.69, 9.17) is 4.98 Å². The van der Waals surface area contributed by atoms with E-state index in [9.17, 15) is 4.79 Å². The molecule has 1 aliphatic rings. The molecule has 1 fully saturated rings. The first kappa shape index (κ1) is 14.7. The van der Waals surface area contributed by atoms with Crippen LogP contribution in [0.4, 0.5) is 0 Å². The highest BCUT2D eigenvalue weighted by atomic mass is 32.1. The average Bonchev–Trinajstić information content (AvgIpc) is 3.15. The number of carbonyl (C=O) groups excluding carboxylic acids is 1. The Morgan fingerprint density at radius 1 is 1.38 bits per heavy atom. The van der Waals surface area contributed by atoms with Crippen LogP contribution in [0.25, 0.3) is 0 Å². The molecule has 2 aromatic heterocycles. The van der Waals surface area contributed by atoms with Crippen molar-refractivity contribution in [1.82, 2.24) is 14.9 Å². The molecule has 3 heterocycles. The Bertz CT molecular complexity index is 634. The summed E-state index contributed by atoms with van der Waals surface area (Å²) < 4.78 is 0. The first-order chi connectivity index (χ1) is 10.2. The number of aromatic nitrogens is 2. The minimum atomic E-state index is 0.0660. The monoisotopic (exact) mass is 321 g/mol. The normalized spacial score (nSPS) is 19.0. The highest BCUT2D eigenvalue weighted by Crippen LogP contribution is 2.30. The van der Waals surface area contributed by atoms with Crippen LogP contribution >= 0.6 is 22.7 Å². The lowest BCUT2D eigenvalue weighted by atomic mass is 9.98. The lowest BCUT2D eigenvalue weighted by Crippen LogP contribution is -2.39. The molecule has 21 heavy (non-hydrogen) atoms. The van der Waals surface area contributed by atoms with Gasteiger partial charge in [-0.05, 0) is 26.2 Å². The second kappa shape index (κ2) is 6.23. The molecule has 1 aliphatic heterocycles. The molecule has 0 bridgehead atoms. The fourth-order valence-corrected chi connectivity index (χ4v) is 4.28. The Morgan fingerprint density at radius 3 is 2.90 bits per heavy atom. The minimum Gasteiger partial charge on any atom is -0.337 e. The molecule has 1 atom stereocenters. The van der Waals surface area contributed by atoms with Crippen LogP contribution in [0.5, 0.6) is 0 Å². The maximum Gasteiger partial charge on any atom is 0.273 e. The van der Waals surface area contributed by atoms with Crippen molar-refractivity contribution >= 4 is 28.6 Å². The number of carbonyl (C=O) groups is 1. The van der Waals surface area contributed by atoms with Gasteiger partial charge in [0.05, 0.1) is 15.7 Å². The number of thiazole rings is 2. The van der Waals surface area contributed by atoms with Crippen molar-refractivity contribution in [3.8, 4) is 0 Å². The standard InChI is InChI=1S/C15H19N3OS2/c1-3-12-8-21-14(17-12)11-5-4-6-18(7-11)15(19)13-9-20-10(2)16-13/h8-9,11H,3-7H2,1-2H3. The van der Waals surface area contributed by atoms with Crippen LogP contribution in [0.3, 0.4) is 0 Å². The van der Waals surface area contributed by atoms with Gasteiger partial charge in [0.1, 0.15) is 5.69 Å². The molecule has 3 rings (SSSR count). The van der Waals surface area contributed by atoms with Crippen molar-refractivity contribution < 1.29 is 4.79 Å². The van der Waals surface area contributed by atoms with Gasteiger partial charge >= 0.3 is 0 Å². The summed E-state index contributed by atoms with van der Waals surface area (Å²) in [4.78, 5) is 23.4. The van der Waals surface area contributed by atoms with Crippen LogP contribution in [-0.2, 0) is 6.42 Å². The van der Waals surface area contributed by atoms with Crippen LogP contribution in [0, 0.1) is 6.92 Å². The predicted molar refractivity (Wildman–Crippen MR) is 86.2 cm³/mol. The van der Waals surface area contributed by atoms with Crippen LogP contribution in [0.15, 0.2) is 10.8 Å². The van der Waals surface area contributed by atoms with Crippen LogP contribution < -0.4 is 0 Å². The number of piperidine rings is 1. The van der Waals surface area contributed by atoms with Crippen LogP contribution in [0.2, 0.25) is 0 Å². The number of amides is 1. The lowest BCUT2D eigenvalue weighted by molar-refractivity contribution is 0.0701. The third-order valence-electron chi connectivity index (χ3n) is 3.83. The van der Waals surface area contributed by atoms with Crippen molar-refractivity contribution in [3.05, 3.63) is 32.2 Å². The molecule has 2 aromatic rings. The summed E-state index contributed by atoms with van der Waals surface area (Å²) in [5, 5.41) is 6.12. The van der Waals surface area contributed by atoms with E-state index < -0.39 is 0 Å². The smallest absolute Gasteiger partial charge is 0.273 e. The van der Waals surface area contributed by atoms with E-state index in [1.165, 1.54) is 16.3 Å². The third kappa shape index (κ3) is 3.16. The Hall–Kier alpha value is -1.27. The Morgan fingerprint density at radius 2 is 2.24 bits per heavy atom. The number of rotatable bonds is 3. The van der Waals surface area contributed by atoms with Crippen molar-refractivity contribution in [2.75, 3.05) is 13.1 Å². The summed E-state index contributed by atoms with van der Waals surface area (Å²) in [6.07, 6.45) is 3.14. The minimum absolute atomic E-state index is 0.0660. The van der Waals surface area contributed by atoms with Crippen molar-refractivity contribution in [1.29, 1.82) is 0 Å². The topological polar surface area (TPSA) is 46.1 Å². The number of nitrogens with zero attached hydrogens (tertiary/aromatic N) is 3. The molecule has 6 heteroatoms. The van der Waals surface area contributed by atoms with Gasteiger partial charge in [-0.25, -0.2) is 9.97 Å². The van der Waals surface area contributed by atoms with E-state index in [-0.39, 0.29) is 5.91 Å². The zero-order valence-electron chi connectivity index (χ0n) is 12.3. The summed E-state index contributed by atoms with van der Waals surface area (Å²) in [6.45, 7) is 5.66. The quantitative estimate of drug-likeness (QED) is 0.869. The van der Waals surface area contributed by atoms with Gasteiger partial charge in [-0.1, -0.05) is 6.92 Å². The maximum atomic E-state index is 12.5. The fraction of sp³-hybridized carbons (Fsp3) is 0.533. The van der Waals surface area contributed by atoms with Gasteiger partial charge in [0.2, 0.25) is 0 Å². The highest BCUT2D eigenvalue weighted by Gasteiger charge is 2.28. The lowest BCUT2D eigenvalue weighted by Gasteiger charge is -2.31. The van der Waals surface area contributed by atoms with Gasteiger partial charge in [-0.2, -0.15) is 0 Å². The summed E-state index contributed by atoms with van der Waals surface area (Å²) in [5.41, 5.74) is 1.75. The van der Waals surface area contributed by atoms with Crippen molar-refractivity contribution in [2.24, 2.45) is 0 Å². The molecule has 0 N–H and O–H groups in total. The van der Waals surface area contributed by atoms with Crippen molar-refractivity contribution in [3.63, 3.8) is 0 Å². The highest BCUT2D eigenvalue weighted by molar-refractivity contribution is 7.10. The number of likely N-dealkylation sites (tertiary alicyclic amines) is 1. The Kier molecular flexibility index (Phi) is 4.35. The summed E-state index contributed by atoms with van der Waals surface area (Å²) >= 11 is 3.26. The second-order valence-corrected chi connectivity index (χ2v) is 7.32. The molecule has 112 valence electrons. The van der Waals surface area contributed by atoms with E-state index >= 15 is 0 Å². The second-order valence-electron chi connectivity index (χ2n) is 5.37. The molecular weight excluding hydrogens is 302 g/mol. The maximum absolute atomic E-state index is 12.5. The summed E-state index contributed by atoms with van der Waals surface area (Å²) in [7, 11) is 0. The molecular formula is C15H19N3OS2. The van der Waals surface area contributed by atoms with E-state index in [2.05, 4.69) is 17.3 Å². The average molecular weight is 321 g/mol. The number of hydrogen-bond donors (Lipinski definition) is 0. The summed E-state index contributed by atoms with van der Waals surface area (Å²) in [6, 6.07) is 0. The van der Waals surface area contributed by atoms with Gasteiger partial charge in [0.15, 0.2) is 0 Å². The SMILES string of the molecule is CCc1csc(C2CCCN(C(=O)c3csc(C)n3)C2)n1. The Labute approximate surface area is 132 Å². The third-order valence-corrected chi connectivity index (χ3v) is 5.66. The molecule has 0 aromatic carbocycles. The first-order valence-corrected chi connectivity index (χ1v) is 9.09. The molecule has 1 unspecified atom stereocenters. The molecule has 0 saturated carbocycles. The van der Waals surface area contributed by atoms with Gasteiger partial charge in [-0.15, -0.1) is 22.7 Å². The van der Waals surface area contributed by atoms with E-state index in [0.29, 0.717) is 11.6 Å². The van der Waals surface area contributed by atoms with E-state index in [1.807, 2.05) is 17.2 Å². The van der Waals surface area contributed by atoms with E-state index in [0.717, 1.165) is 43.1 Å². The molecule has 0 aliphatic carbocycles. The first-order valence-electron chi connectivity index (χ1n) is 7.33. The fourth-order valence-electron chi connectivity index (χ4n) is 2.66. The molecule has 4 nitrogen and oxygen atoms in total. The van der Waals surface area contributed by atoms with E-state index in [1.54, 1.807) is 11.3 Å². The molecule has 1 amide bonds. The zero-order valence-corrected chi connectivity index (χ0v) is 14.0. The van der Waals surface area contributed by atoms with Crippen LogP contribution in [0.1, 0.15) is 51.9 Å².